The highest BCUT2D eigenvalue weighted by molar-refractivity contribution is 6.55. The van der Waals surface area contributed by atoms with Crippen LogP contribution in [0, 0.1) is 11.6 Å². The van der Waals surface area contributed by atoms with Gasteiger partial charge in [0.25, 0.3) is 0 Å². The smallest absolute Gasteiger partial charge is 0.400 e. The number of nitrogens with one attached hydrogen (secondary N) is 1. The van der Waals surface area contributed by atoms with Crippen molar-refractivity contribution in [1.29, 1.82) is 0 Å². The molecule has 0 bridgehead atoms. The molecule has 0 spiro atoms. The summed E-state index contributed by atoms with van der Waals surface area (Å²) in [6.07, 6.45) is 1.40. The van der Waals surface area contributed by atoms with Gasteiger partial charge in [0.1, 0.15) is 5.82 Å². The second-order valence-corrected chi connectivity index (χ2v) is 6.70. The summed E-state index contributed by atoms with van der Waals surface area (Å²) in [4.78, 5) is 0. The highest BCUT2D eigenvalue weighted by Crippen LogP contribution is 2.39. The molecule has 0 amide bonds. The number of likely N-dealkylation sites (N-methyl/N-ethyl adjacent to an activating group) is 1. The Labute approximate surface area is 136 Å². The number of rotatable bonds is 4. The third-order valence-corrected chi connectivity index (χ3v) is 4.42. The van der Waals surface area contributed by atoms with Crippen LogP contribution in [0.3, 0.4) is 0 Å². The summed E-state index contributed by atoms with van der Waals surface area (Å²) < 4.78 is 40.0. The van der Waals surface area contributed by atoms with Crippen molar-refractivity contribution in [2.45, 2.75) is 38.9 Å². The maximum absolute atomic E-state index is 14.1. The topological polar surface area (TPSA) is 56.5 Å². The minimum absolute atomic E-state index is 0.102. The fourth-order valence-corrected chi connectivity index (χ4v) is 2.30. The maximum atomic E-state index is 14.1. The lowest BCUT2D eigenvalue weighted by atomic mass is 9.77. The SMILES string of the molecule is CNCC(=Cc1c(F)ccc(N)c1F)B1OC(C)(C)C(C)(C)O1. The molecule has 1 saturated heterocycles. The van der Waals surface area contributed by atoms with Crippen molar-refractivity contribution >= 4 is 18.9 Å². The third-order valence-electron chi connectivity index (χ3n) is 4.42. The molecule has 0 unspecified atom stereocenters. The van der Waals surface area contributed by atoms with Crippen LogP contribution < -0.4 is 11.1 Å². The van der Waals surface area contributed by atoms with E-state index < -0.39 is 30.0 Å². The molecule has 7 heteroatoms. The fraction of sp³-hybridized carbons (Fsp3) is 0.500. The molecule has 1 aromatic carbocycles. The minimum Gasteiger partial charge on any atom is -0.400 e. The highest BCUT2D eigenvalue weighted by atomic mass is 19.1. The molecule has 3 N–H and O–H groups in total. The van der Waals surface area contributed by atoms with E-state index in [1.807, 2.05) is 27.7 Å². The number of nitrogen functional groups attached to an aromatic ring is 1. The van der Waals surface area contributed by atoms with Crippen LogP contribution in [0.15, 0.2) is 17.6 Å². The average molecular weight is 324 g/mol. The number of halogens is 2. The van der Waals surface area contributed by atoms with E-state index in [4.69, 9.17) is 15.0 Å². The first-order chi connectivity index (χ1) is 10.6. The Morgan fingerprint density at radius 1 is 1.22 bits per heavy atom. The predicted molar refractivity (Wildman–Crippen MR) is 88.8 cm³/mol. The predicted octanol–water partition coefficient (Wildman–Crippen LogP) is 2.78. The fourth-order valence-electron chi connectivity index (χ4n) is 2.30. The molecule has 1 aliphatic rings. The molecule has 1 aromatic rings. The lowest BCUT2D eigenvalue weighted by Gasteiger charge is -2.32. The summed E-state index contributed by atoms with van der Waals surface area (Å²) in [5.41, 5.74) is 4.77. The van der Waals surface area contributed by atoms with Gasteiger partial charge in [0, 0.05) is 12.1 Å². The van der Waals surface area contributed by atoms with Crippen molar-refractivity contribution in [2.75, 3.05) is 19.3 Å². The van der Waals surface area contributed by atoms with E-state index in [0.29, 0.717) is 12.0 Å². The van der Waals surface area contributed by atoms with Crippen LogP contribution in [-0.2, 0) is 9.31 Å². The lowest BCUT2D eigenvalue weighted by molar-refractivity contribution is 0.00578. The average Bonchev–Trinajstić information content (AvgIpc) is 2.66. The summed E-state index contributed by atoms with van der Waals surface area (Å²) in [5, 5.41) is 2.97. The molecule has 23 heavy (non-hydrogen) atoms. The second kappa shape index (κ2) is 6.22. The normalized spacial score (nSPS) is 20.1. The number of nitrogens with two attached hydrogens (primary N) is 1. The largest absolute Gasteiger partial charge is 0.491 e. The van der Waals surface area contributed by atoms with Crippen LogP contribution >= 0.6 is 0 Å². The Morgan fingerprint density at radius 3 is 2.30 bits per heavy atom. The molecule has 1 aliphatic heterocycles. The van der Waals surface area contributed by atoms with Gasteiger partial charge in [-0.15, -0.1) is 0 Å². The van der Waals surface area contributed by atoms with Crippen LogP contribution in [0.1, 0.15) is 33.3 Å². The van der Waals surface area contributed by atoms with Crippen LogP contribution in [0.4, 0.5) is 14.5 Å². The van der Waals surface area contributed by atoms with E-state index in [0.717, 1.165) is 6.07 Å². The van der Waals surface area contributed by atoms with Crippen molar-refractivity contribution in [1.82, 2.24) is 5.32 Å². The summed E-state index contributed by atoms with van der Waals surface area (Å²) in [6.45, 7) is 8.05. The summed E-state index contributed by atoms with van der Waals surface area (Å²) in [5.74, 6) is -1.46. The molecule has 2 rings (SSSR count). The van der Waals surface area contributed by atoms with Gasteiger partial charge in [0.2, 0.25) is 0 Å². The van der Waals surface area contributed by atoms with E-state index in [2.05, 4.69) is 5.32 Å². The zero-order valence-corrected chi connectivity index (χ0v) is 14.2. The van der Waals surface area contributed by atoms with Crippen LogP contribution in [0.5, 0.6) is 0 Å². The van der Waals surface area contributed by atoms with E-state index in [1.54, 1.807) is 7.05 Å². The van der Waals surface area contributed by atoms with Gasteiger partial charge >= 0.3 is 7.12 Å². The molecule has 126 valence electrons. The molecular formula is C16H23BF2N2O2. The Balaban J connectivity index is 2.43. The van der Waals surface area contributed by atoms with Gasteiger partial charge in [-0.1, -0.05) is 6.08 Å². The van der Waals surface area contributed by atoms with Gasteiger partial charge in [-0.05, 0) is 52.3 Å². The van der Waals surface area contributed by atoms with Crippen LogP contribution in [0.2, 0.25) is 0 Å². The molecule has 0 radical (unpaired) electrons. The van der Waals surface area contributed by atoms with Gasteiger partial charge in [-0.25, -0.2) is 8.78 Å². The Hall–Kier alpha value is -1.44. The van der Waals surface area contributed by atoms with E-state index in [1.165, 1.54) is 12.1 Å². The minimum atomic E-state index is -0.782. The van der Waals surface area contributed by atoms with E-state index in [9.17, 15) is 8.78 Å². The molecule has 0 atom stereocenters. The van der Waals surface area contributed by atoms with Crippen molar-refractivity contribution in [2.24, 2.45) is 0 Å². The van der Waals surface area contributed by atoms with Crippen molar-refractivity contribution in [3.63, 3.8) is 0 Å². The zero-order valence-electron chi connectivity index (χ0n) is 14.2. The number of anilines is 1. The van der Waals surface area contributed by atoms with Gasteiger partial charge in [-0.2, -0.15) is 0 Å². The Morgan fingerprint density at radius 2 is 1.78 bits per heavy atom. The van der Waals surface area contributed by atoms with E-state index in [-0.39, 0.29) is 11.3 Å². The third kappa shape index (κ3) is 3.41. The summed E-state index contributed by atoms with van der Waals surface area (Å²) >= 11 is 0. The zero-order chi connectivity index (χ0) is 17.4. The molecule has 1 heterocycles. The summed E-state index contributed by atoms with van der Waals surface area (Å²) in [6, 6.07) is 2.35. The molecule has 0 saturated carbocycles. The first-order valence-electron chi connectivity index (χ1n) is 7.53. The highest BCUT2D eigenvalue weighted by Gasteiger charge is 2.52. The second-order valence-electron chi connectivity index (χ2n) is 6.70. The van der Waals surface area contributed by atoms with Crippen molar-refractivity contribution in [3.8, 4) is 0 Å². The Bertz CT molecular complexity index is 617. The molecule has 0 aliphatic carbocycles. The van der Waals surface area contributed by atoms with Gasteiger partial charge in [0.15, 0.2) is 5.82 Å². The van der Waals surface area contributed by atoms with Gasteiger partial charge < -0.3 is 20.4 Å². The molecule has 0 aromatic heterocycles. The van der Waals surface area contributed by atoms with Crippen LogP contribution in [0.25, 0.3) is 6.08 Å². The quantitative estimate of drug-likeness (QED) is 0.660. The number of hydrogen-bond acceptors (Lipinski definition) is 4. The first-order valence-corrected chi connectivity index (χ1v) is 7.53. The first kappa shape index (κ1) is 17.9. The maximum Gasteiger partial charge on any atom is 0.491 e. The summed E-state index contributed by atoms with van der Waals surface area (Å²) in [7, 11) is 1.05. The van der Waals surface area contributed by atoms with Gasteiger partial charge in [-0.3, -0.25) is 0 Å². The monoisotopic (exact) mass is 324 g/mol. The van der Waals surface area contributed by atoms with Crippen molar-refractivity contribution < 1.29 is 18.1 Å². The Kier molecular flexibility index (Phi) is 4.85. The molecular weight excluding hydrogens is 301 g/mol. The lowest BCUT2D eigenvalue weighted by Crippen LogP contribution is -2.41. The van der Waals surface area contributed by atoms with E-state index >= 15 is 0 Å². The molecule has 1 fully saturated rings. The number of benzene rings is 1. The standard InChI is InChI=1S/C16H23BF2N2O2/c1-15(2)16(3,4)23-17(22-15)10(9-21-5)8-11-12(18)6-7-13(20)14(11)19/h6-8,21H,9,20H2,1-5H3. The number of hydrogen-bond donors (Lipinski definition) is 2. The van der Waals surface area contributed by atoms with Crippen LogP contribution in [-0.4, -0.2) is 31.9 Å². The molecule has 4 nitrogen and oxygen atoms in total. The van der Waals surface area contributed by atoms with Crippen molar-refractivity contribution in [3.05, 3.63) is 34.8 Å². The van der Waals surface area contributed by atoms with Gasteiger partial charge in [0.05, 0.1) is 16.9 Å².